The Kier molecular flexibility index (Phi) is 14.9. The van der Waals surface area contributed by atoms with Crippen molar-refractivity contribution < 1.29 is 16.5 Å². The van der Waals surface area contributed by atoms with Crippen molar-refractivity contribution in [1.82, 2.24) is 0 Å². The van der Waals surface area contributed by atoms with Gasteiger partial charge in [-0.15, -0.1) is 0 Å². The maximum atomic E-state index is 3.71. The standard InChI is InChI=1S/C10H6Br8.C10H6Br4.Ni/c11-7(12)3-1-2-4(8(13)14)6(10(17)18)5(3)9(15)16;11-7-3-1-2-4-6(5(3)9(7)13)10(14)8(4)12;/h1-2,7-10H;1-2,7-10H;/t;7-,8-,9-,10-;/m.0./s1. The SMILES string of the molecule is BrC(Br)c1ccc(C(Br)Br)c(C(Br)Br)c1C(Br)Br.Br[C@H]1c2ccc3c(c2[C@@H]1Br)[C@H](Br)[C@H]3Br.[Ni]. The van der Waals surface area contributed by atoms with Gasteiger partial charge in [0.15, 0.2) is 0 Å². The normalized spacial score (nSPS) is 22.8. The molecular weight excluding hydrogens is 1260 g/mol. The van der Waals surface area contributed by atoms with Crippen LogP contribution >= 0.6 is 191 Å². The van der Waals surface area contributed by atoms with Crippen molar-refractivity contribution in [3.63, 3.8) is 0 Å². The molecule has 0 N–H and O–H groups in total. The van der Waals surface area contributed by atoms with Crippen LogP contribution in [0.3, 0.4) is 0 Å². The molecule has 2 aliphatic carbocycles. The summed E-state index contributed by atoms with van der Waals surface area (Å²) >= 11 is 43.4. The molecule has 0 nitrogen and oxygen atoms in total. The molecule has 4 atom stereocenters. The van der Waals surface area contributed by atoms with Crippen molar-refractivity contribution in [3.05, 3.63) is 68.8 Å². The van der Waals surface area contributed by atoms with Crippen molar-refractivity contribution in [2.45, 2.75) is 34.3 Å². The maximum Gasteiger partial charge on any atom is 0.0953 e. The summed E-state index contributed by atoms with van der Waals surface area (Å²) in [6.07, 6.45) is 0. The van der Waals surface area contributed by atoms with Crippen molar-refractivity contribution >= 4 is 191 Å². The Hall–Kier alpha value is 4.69. The molecule has 186 valence electrons. The van der Waals surface area contributed by atoms with Crippen LogP contribution in [0.4, 0.5) is 0 Å². The molecule has 0 heterocycles. The van der Waals surface area contributed by atoms with Gasteiger partial charge in [0.2, 0.25) is 0 Å². The molecule has 0 spiro atoms. The Balaban J connectivity index is 0.000000231. The van der Waals surface area contributed by atoms with Crippen LogP contribution in [0.5, 0.6) is 0 Å². The molecule has 0 aromatic heterocycles. The Morgan fingerprint density at radius 1 is 0.455 bits per heavy atom. The van der Waals surface area contributed by atoms with E-state index in [1.54, 1.807) is 0 Å². The third-order valence-corrected chi connectivity index (χ3v) is 14.5. The van der Waals surface area contributed by atoms with Crippen LogP contribution in [0.1, 0.15) is 78.8 Å². The van der Waals surface area contributed by atoms with Gasteiger partial charge in [0, 0.05) is 16.5 Å². The number of hydrogen-bond donors (Lipinski definition) is 0. The minimum atomic E-state index is 0. The molecule has 0 saturated heterocycles. The van der Waals surface area contributed by atoms with Gasteiger partial charge in [-0.05, 0) is 44.5 Å². The summed E-state index contributed by atoms with van der Waals surface area (Å²) in [7, 11) is 0. The van der Waals surface area contributed by atoms with E-state index in [1.807, 2.05) is 0 Å². The van der Waals surface area contributed by atoms with E-state index in [1.165, 1.54) is 44.5 Å². The summed E-state index contributed by atoms with van der Waals surface area (Å²) in [4.78, 5) is 1.92. The fraction of sp³-hybridized carbons (Fsp3) is 0.400. The molecule has 0 fully saturated rings. The summed E-state index contributed by atoms with van der Waals surface area (Å²) in [5.41, 5.74) is 10.6. The second-order valence-corrected chi connectivity index (χ2v) is 23.1. The van der Waals surface area contributed by atoms with Gasteiger partial charge < -0.3 is 0 Å². The molecule has 4 rings (SSSR count). The van der Waals surface area contributed by atoms with Gasteiger partial charge in [-0.25, -0.2) is 0 Å². The Bertz CT molecular complexity index is 915. The fourth-order valence-corrected chi connectivity index (χ4v) is 10.3. The van der Waals surface area contributed by atoms with E-state index in [4.69, 9.17) is 0 Å². The largest absolute Gasteiger partial charge is 0.0953 e. The van der Waals surface area contributed by atoms with E-state index in [-0.39, 0.29) is 31.4 Å². The predicted octanol–water partition coefficient (Wildman–Crippen LogP) is 14.3. The molecular formula is C20H12Br12Ni. The topological polar surface area (TPSA) is 0 Å². The zero-order valence-electron chi connectivity index (χ0n) is 15.8. The molecule has 2 aliphatic rings. The molecule has 0 aliphatic heterocycles. The summed E-state index contributed by atoms with van der Waals surface area (Å²) in [5.74, 6) is 0. The van der Waals surface area contributed by atoms with Crippen LogP contribution in [-0.2, 0) is 16.5 Å². The zero-order valence-corrected chi connectivity index (χ0v) is 35.8. The predicted molar refractivity (Wildman–Crippen MR) is 182 cm³/mol. The number of halogens is 12. The van der Waals surface area contributed by atoms with Gasteiger partial charge in [0.05, 0.1) is 34.3 Å². The van der Waals surface area contributed by atoms with Gasteiger partial charge in [0.1, 0.15) is 0 Å². The Morgan fingerprint density at radius 2 is 0.758 bits per heavy atom. The van der Waals surface area contributed by atoms with Crippen molar-refractivity contribution in [3.8, 4) is 0 Å². The first-order valence-corrected chi connectivity index (χ1v) is 19.9. The second kappa shape index (κ2) is 14.5. The maximum absolute atomic E-state index is 3.71. The first-order chi connectivity index (χ1) is 14.9. The van der Waals surface area contributed by atoms with E-state index < -0.39 is 0 Å². The fourth-order valence-electron chi connectivity index (χ4n) is 3.72. The number of fused-ring (bicyclic) bond motifs is 3. The monoisotopic (exact) mass is 1260 g/mol. The molecule has 13 heteroatoms. The first kappa shape index (κ1) is 33.9. The average Bonchev–Trinajstić information content (AvgIpc) is 2.75. The van der Waals surface area contributed by atoms with E-state index in [0.29, 0.717) is 19.3 Å². The molecule has 0 bridgehead atoms. The Labute approximate surface area is 305 Å². The van der Waals surface area contributed by atoms with Crippen molar-refractivity contribution in [1.29, 1.82) is 0 Å². The van der Waals surface area contributed by atoms with E-state index in [0.717, 1.165) is 0 Å². The van der Waals surface area contributed by atoms with Gasteiger partial charge in [-0.3, -0.25) is 0 Å². The van der Waals surface area contributed by atoms with Crippen LogP contribution in [0.15, 0.2) is 24.3 Å². The summed E-state index contributed by atoms with van der Waals surface area (Å²) in [5, 5.41) is 0. The molecule has 0 unspecified atom stereocenters. The van der Waals surface area contributed by atoms with Crippen molar-refractivity contribution in [2.75, 3.05) is 0 Å². The summed E-state index contributed by atoms with van der Waals surface area (Å²) < 4.78 is 0.356. The van der Waals surface area contributed by atoms with E-state index in [9.17, 15) is 0 Å². The second-order valence-electron chi connectivity index (χ2n) is 6.95. The minimum Gasteiger partial charge on any atom is -0.0823 e. The van der Waals surface area contributed by atoms with Gasteiger partial charge in [0.25, 0.3) is 0 Å². The van der Waals surface area contributed by atoms with Crippen molar-refractivity contribution in [2.24, 2.45) is 0 Å². The van der Waals surface area contributed by atoms with Crippen LogP contribution in [-0.4, -0.2) is 0 Å². The van der Waals surface area contributed by atoms with Crippen LogP contribution < -0.4 is 0 Å². The van der Waals surface area contributed by atoms with Crippen LogP contribution in [0.25, 0.3) is 0 Å². The molecule has 0 radical (unpaired) electrons. The number of hydrogen-bond acceptors (Lipinski definition) is 0. The van der Waals surface area contributed by atoms with E-state index >= 15 is 0 Å². The smallest absolute Gasteiger partial charge is 0.0823 e. The van der Waals surface area contributed by atoms with Gasteiger partial charge in [-0.1, -0.05) is 215 Å². The molecule has 2 aromatic carbocycles. The first-order valence-electron chi connectivity index (χ1n) is 8.92. The van der Waals surface area contributed by atoms with Crippen LogP contribution in [0, 0.1) is 0 Å². The molecule has 2 aromatic rings. The van der Waals surface area contributed by atoms with E-state index in [2.05, 4.69) is 215 Å². The third-order valence-electron chi connectivity index (χ3n) is 5.28. The molecule has 0 saturated carbocycles. The number of rotatable bonds is 4. The average molecular weight is 1270 g/mol. The van der Waals surface area contributed by atoms with Crippen LogP contribution in [0.2, 0.25) is 0 Å². The summed E-state index contributed by atoms with van der Waals surface area (Å²) in [6.45, 7) is 0. The summed E-state index contributed by atoms with van der Waals surface area (Å²) in [6, 6.07) is 8.68. The number of benzene rings is 2. The zero-order chi connectivity index (χ0) is 24.1. The molecule has 0 amide bonds. The quantitative estimate of drug-likeness (QED) is 0.211. The molecule has 33 heavy (non-hydrogen) atoms. The number of alkyl halides is 12. The van der Waals surface area contributed by atoms with Gasteiger partial charge in [-0.2, -0.15) is 0 Å². The Morgan fingerprint density at radius 3 is 1.00 bits per heavy atom. The minimum absolute atomic E-state index is 0. The third kappa shape index (κ3) is 7.13. The van der Waals surface area contributed by atoms with Gasteiger partial charge >= 0.3 is 0 Å².